The zero-order valence-corrected chi connectivity index (χ0v) is 18.1. The van der Waals surface area contributed by atoms with E-state index in [-0.39, 0.29) is 11.8 Å². The van der Waals surface area contributed by atoms with Crippen molar-refractivity contribution in [3.8, 4) is 11.5 Å². The first-order valence-electron chi connectivity index (χ1n) is 10.2. The maximum absolute atomic E-state index is 13.0. The molecule has 0 bridgehead atoms. The number of aryl methyl sites for hydroxylation is 2. The molecule has 0 spiro atoms. The van der Waals surface area contributed by atoms with Crippen LogP contribution >= 0.6 is 0 Å². The van der Waals surface area contributed by atoms with Gasteiger partial charge in [-0.2, -0.15) is 0 Å². The lowest BCUT2D eigenvalue weighted by Gasteiger charge is -2.21. The van der Waals surface area contributed by atoms with Gasteiger partial charge in [0.2, 0.25) is 0 Å². The summed E-state index contributed by atoms with van der Waals surface area (Å²) in [5.41, 5.74) is 5.17. The lowest BCUT2D eigenvalue weighted by molar-refractivity contribution is 0.0976. The lowest BCUT2D eigenvalue weighted by Crippen LogP contribution is -2.16. The molecule has 0 saturated carbocycles. The SMILES string of the molecule is CCOc1ccc(C(CC(=O)c2ccc(OC)cc2)Nc2ccc(C)c(C)c2)cc1. The summed E-state index contributed by atoms with van der Waals surface area (Å²) in [4.78, 5) is 13.0. The Labute approximate surface area is 178 Å². The Morgan fingerprint density at radius 1 is 0.900 bits per heavy atom. The molecular formula is C26H29NO3. The standard InChI is InChI=1S/C26H29NO3/c1-5-30-24-14-7-20(8-15-24)25(27-22-11-6-18(2)19(3)16-22)17-26(28)21-9-12-23(29-4)13-10-21/h6-16,25,27H,5,17H2,1-4H3. The Hall–Kier alpha value is -3.27. The third-order valence-electron chi connectivity index (χ3n) is 5.24. The Morgan fingerprint density at radius 3 is 2.17 bits per heavy atom. The van der Waals surface area contributed by atoms with Gasteiger partial charge in [-0.05, 0) is 86.0 Å². The summed E-state index contributed by atoms with van der Waals surface area (Å²) in [6.45, 7) is 6.77. The van der Waals surface area contributed by atoms with Crippen LogP contribution in [0.3, 0.4) is 0 Å². The highest BCUT2D eigenvalue weighted by Crippen LogP contribution is 2.27. The van der Waals surface area contributed by atoms with Crippen molar-refractivity contribution in [1.29, 1.82) is 0 Å². The average molecular weight is 404 g/mol. The van der Waals surface area contributed by atoms with Crippen molar-refractivity contribution in [2.75, 3.05) is 19.0 Å². The van der Waals surface area contributed by atoms with Crippen LogP contribution in [0.4, 0.5) is 5.69 Å². The second-order valence-electron chi connectivity index (χ2n) is 7.35. The van der Waals surface area contributed by atoms with E-state index in [1.807, 2.05) is 55.5 Å². The highest BCUT2D eigenvalue weighted by molar-refractivity contribution is 5.96. The van der Waals surface area contributed by atoms with Crippen molar-refractivity contribution in [3.05, 3.63) is 89.0 Å². The molecule has 0 aliphatic carbocycles. The van der Waals surface area contributed by atoms with Crippen LogP contribution < -0.4 is 14.8 Å². The first-order chi connectivity index (χ1) is 14.5. The van der Waals surface area contributed by atoms with E-state index in [2.05, 4.69) is 37.4 Å². The van der Waals surface area contributed by atoms with E-state index < -0.39 is 0 Å². The van der Waals surface area contributed by atoms with Gasteiger partial charge in [0.05, 0.1) is 19.8 Å². The van der Waals surface area contributed by atoms with Gasteiger partial charge >= 0.3 is 0 Å². The summed E-state index contributed by atoms with van der Waals surface area (Å²) in [5.74, 6) is 1.64. The fraction of sp³-hybridized carbons (Fsp3) is 0.269. The number of benzene rings is 3. The van der Waals surface area contributed by atoms with Crippen LogP contribution in [0.2, 0.25) is 0 Å². The van der Waals surface area contributed by atoms with Gasteiger partial charge in [0.1, 0.15) is 11.5 Å². The van der Waals surface area contributed by atoms with Gasteiger partial charge < -0.3 is 14.8 Å². The van der Waals surface area contributed by atoms with Crippen LogP contribution in [0.15, 0.2) is 66.7 Å². The fourth-order valence-electron chi connectivity index (χ4n) is 3.33. The number of hydrogen-bond donors (Lipinski definition) is 1. The fourth-order valence-corrected chi connectivity index (χ4v) is 3.33. The van der Waals surface area contributed by atoms with Crippen LogP contribution in [0.1, 0.15) is 46.4 Å². The minimum atomic E-state index is -0.155. The first-order valence-corrected chi connectivity index (χ1v) is 10.2. The van der Waals surface area contributed by atoms with Gasteiger partial charge in [0.25, 0.3) is 0 Å². The number of nitrogens with one attached hydrogen (secondary N) is 1. The molecule has 3 aromatic rings. The van der Waals surface area contributed by atoms with E-state index in [1.165, 1.54) is 11.1 Å². The number of rotatable bonds is 9. The van der Waals surface area contributed by atoms with Gasteiger partial charge in [0.15, 0.2) is 5.78 Å². The molecule has 0 fully saturated rings. The molecule has 1 atom stereocenters. The molecule has 0 aliphatic rings. The molecule has 0 amide bonds. The van der Waals surface area contributed by atoms with Crippen LogP contribution in [-0.2, 0) is 0 Å². The Kier molecular flexibility index (Phi) is 7.12. The molecule has 3 rings (SSSR count). The van der Waals surface area contributed by atoms with Crippen molar-refractivity contribution in [1.82, 2.24) is 0 Å². The maximum Gasteiger partial charge on any atom is 0.165 e. The van der Waals surface area contributed by atoms with E-state index in [1.54, 1.807) is 7.11 Å². The molecule has 3 aromatic carbocycles. The zero-order valence-electron chi connectivity index (χ0n) is 18.1. The Balaban J connectivity index is 1.85. The Bertz CT molecular complexity index is 978. The smallest absolute Gasteiger partial charge is 0.165 e. The van der Waals surface area contributed by atoms with Crippen molar-refractivity contribution < 1.29 is 14.3 Å². The highest BCUT2D eigenvalue weighted by atomic mass is 16.5. The first kappa shape index (κ1) is 21.4. The minimum absolute atomic E-state index is 0.0767. The van der Waals surface area contributed by atoms with Gasteiger partial charge in [-0.15, -0.1) is 0 Å². The molecule has 0 radical (unpaired) electrons. The summed E-state index contributed by atoms with van der Waals surface area (Å²) in [6, 6.07) is 21.3. The monoisotopic (exact) mass is 403 g/mol. The lowest BCUT2D eigenvalue weighted by atomic mass is 9.97. The molecule has 0 heterocycles. The minimum Gasteiger partial charge on any atom is -0.497 e. The van der Waals surface area contributed by atoms with Crippen molar-refractivity contribution in [3.63, 3.8) is 0 Å². The highest BCUT2D eigenvalue weighted by Gasteiger charge is 2.18. The van der Waals surface area contributed by atoms with E-state index in [0.29, 0.717) is 18.6 Å². The molecule has 30 heavy (non-hydrogen) atoms. The van der Waals surface area contributed by atoms with Gasteiger partial charge in [-0.3, -0.25) is 4.79 Å². The number of ketones is 1. The molecule has 0 saturated heterocycles. The average Bonchev–Trinajstić information content (AvgIpc) is 2.76. The molecule has 1 unspecified atom stereocenters. The quantitative estimate of drug-likeness (QED) is 0.436. The maximum atomic E-state index is 13.0. The molecule has 156 valence electrons. The number of Topliss-reactive ketones (excluding diaryl/α,β-unsaturated/α-hetero) is 1. The van der Waals surface area contributed by atoms with Crippen LogP contribution in [0, 0.1) is 13.8 Å². The molecule has 0 aromatic heterocycles. The zero-order chi connectivity index (χ0) is 21.5. The molecule has 0 aliphatic heterocycles. The number of carbonyl (C=O) groups is 1. The van der Waals surface area contributed by atoms with Gasteiger partial charge in [-0.25, -0.2) is 0 Å². The van der Waals surface area contributed by atoms with E-state index >= 15 is 0 Å². The molecule has 1 N–H and O–H groups in total. The molecule has 4 nitrogen and oxygen atoms in total. The van der Waals surface area contributed by atoms with Crippen molar-refractivity contribution >= 4 is 11.5 Å². The Morgan fingerprint density at radius 2 is 1.57 bits per heavy atom. The number of methoxy groups -OCH3 is 1. The predicted molar refractivity (Wildman–Crippen MR) is 122 cm³/mol. The number of hydrogen-bond acceptors (Lipinski definition) is 4. The van der Waals surface area contributed by atoms with E-state index in [4.69, 9.17) is 9.47 Å². The number of ether oxygens (including phenoxy) is 2. The topological polar surface area (TPSA) is 47.6 Å². The van der Waals surface area contributed by atoms with Crippen LogP contribution in [0.25, 0.3) is 0 Å². The third kappa shape index (κ3) is 5.41. The second kappa shape index (κ2) is 9.97. The summed E-state index contributed by atoms with van der Waals surface area (Å²) < 4.78 is 10.8. The van der Waals surface area contributed by atoms with E-state index in [9.17, 15) is 4.79 Å². The van der Waals surface area contributed by atoms with Gasteiger partial charge in [0, 0.05) is 17.7 Å². The number of anilines is 1. The van der Waals surface area contributed by atoms with Crippen molar-refractivity contribution in [2.45, 2.75) is 33.2 Å². The third-order valence-corrected chi connectivity index (χ3v) is 5.24. The summed E-state index contributed by atoms with van der Waals surface area (Å²) in [6.07, 6.45) is 0.341. The van der Waals surface area contributed by atoms with E-state index in [0.717, 1.165) is 22.7 Å². The van der Waals surface area contributed by atoms with Crippen molar-refractivity contribution in [2.24, 2.45) is 0 Å². The second-order valence-corrected chi connectivity index (χ2v) is 7.35. The van der Waals surface area contributed by atoms with Gasteiger partial charge in [-0.1, -0.05) is 18.2 Å². The molecular weight excluding hydrogens is 374 g/mol. The summed E-state index contributed by atoms with van der Waals surface area (Å²) >= 11 is 0. The summed E-state index contributed by atoms with van der Waals surface area (Å²) in [7, 11) is 1.62. The largest absolute Gasteiger partial charge is 0.497 e. The van der Waals surface area contributed by atoms with Crippen LogP contribution in [0.5, 0.6) is 11.5 Å². The normalized spacial score (nSPS) is 11.6. The summed E-state index contributed by atoms with van der Waals surface area (Å²) in [5, 5.41) is 3.55. The number of carbonyl (C=O) groups excluding carboxylic acids is 1. The predicted octanol–water partition coefficient (Wildman–Crippen LogP) is 6.14. The molecule has 4 heteroatoms. The van der Waals surface area contributed by atoms with Crippen LogP contribution in [-0.4, -0.2) is 19.5 Å².